The van der Waals surface area contributed by atoms with Gasteiger partial charge < -0.3 is 10.2 Å². The fraction of sp³-hybridized carbons (Fsp3) is 0.786. The molecule has 2 rings (SSSR count). The predicted molar refractivity (Wildman–Crippen MR) is 74.4 cm³/mol. The highest BCUT2D eigenvalue weighted by Gasteiger charge is 2.17. The Hall–Kier alpha value is -0.870. The van der Waals surface area contributed by atoms with Gasteiger partial charge in [-0.25, -0.2) is 0 Å². The first-order chi connectivity index (χ1) is 8.83. The van der Waals surface area contributed by atoms with Crippen LogP contribution in [0.1, 0.15) is 32.4 Å². The summed E-state index contributed by atoms with van der Waals surface area (Å²) in [6, 6.07) is 2.11. The van der Waals surface area contributed by atoms with E-state index in [1.165, 1.54) is 38.2 Å². The number of nitrogens with zero attached hydrogens (tertiary/aromatic N) is 3. The predicted octanol–water partition coefficient (Wildman–Crippen LogP) is 1.72. The minimum absolute atomic E-state index is 0.853. The van der Waals surface area contributed by atoms with Crippen molar-refractivity contribution in [1.82, 2.24) is 20.0 Å². The zero-order chi connectivity index (χ0) is 12.8. The number of aryl methyl sites for hydroxylation is 1. The summed E-state index contributed by atoms with van der Waals surface area (Å²) in [6.07, 6.45) is 4.57. The molecule has 0 amide bonds. The summed E-state index contributed by atoms with van der Waals surface area (Å²) in [6.45, 7) is 11.2. The van der Waals surface area contributed by atoms with Gasteiger partial charge in [-0.3, -0.25) is 4.68 Å². The van der Waals surface area contributed by atoms with Gasteiger partial charge in [-0.1, -0.05) is 6.92 Å². The second-order valence-electron chi connectivity index (χ2n) is 5.15. The third-order valence-corrected chi connectivity index (χ3v) is 4.00. The van der Waals surface area contributed by atoms with Crippen LogP contribution in [0.15, 0.2) is 12.3 Å². The number of hydrogen-bond acceptors (Lipinski definition) is 3. The summed E-state index contributed by atoms with van der Waals surface area (Å²) in [5.74, 6) is 0.853. The molecule has 102 valence electrons. The fourth-order valence-electron chi connectivity index (χ4n) is 2.71. The molecular weight excluding hydrogens is 224 g/mol. The summed E-state index contributed by atoms with van der Waals surface area (Å²) in [5, 5.41) is 7.88. The molecule has 0 bridgehead atoms. The van der Waals surface area contributed by atoms with Gasteiger partial charge in [0.05, 0.1) is 5.69 Å². The summed E-state index contributed by atoms with van der Waals surface area (Å²) in [7, 11) is 0. The van der Waals surface area contributed by atoms with E-state index in [1.807, 2.05) is 6.20 Å². The number of piperidine rings is 1. The van der Waals surface area contributed by atoms with Crippen LogP contribution in [0.25, 0.3) is 0 Å². The molecule has 2 heterocycles. The van der Waals surface area contributed by atoms with E-state index in [9.17, 15) is 0 Å². The van der Waals surface area contributed by atoms with Crippen molar-refractivity contribution < 1.29 is 0 Å². The number of rotatable bonds is 6. The van der Waals surface area contributed by atoms with Gasteiger partial charge in [0.2, 0.25) is 0 Å². The average Bonchev–Trinajstić information content (AvgIpc) is 2.87. The van der Waals surface area contributed by atoms with Crippen molar-refractivity contribution in [2.45, 2.75) is 39.8 Å². The lowest BCUT2D eigenvalue weighted by Gasteiger charge is -2.31. The number of nitrogens with one attached hydrogen (secondary N) is 1. The average molecular weight is 250 g/mol. The fourth-order valence-corrected chi connectivity index (χ4v) is 2.71. The minimum atomic E-state index is 0.853. The highest BCUT2D eigenvalue weighted by atomic mass is 15.3. The highest BCUT2D eigenvalue weighted by Crippen LogP contribution is 2.15. The van der Waals surface area contributed by atoms with Gasteiger partial charge in [0.15, 0.2) is 0 Å². The minimum Gasteiger partial charge on any atom is -0.311 e. The summed E-state index contributed by atoms with van der Waals surface area (Å²) < 4.78 is 2.06. The molecule has 0 aromatic carbocycles. The molecule has 1 aliphatic rings. The first-order valence-electron chi connectivity index (χ1n) is 7.27. The second kappa shape index (κ2) is 6.90. The van der Waals surface area contributed by atoms with Crippen LogP contribution in [0.4, 0.5) is 0 Å². The van der Waals surface area contributed by atoms with Crippen LogP contribution < -0.4 is 5.32 Å². The summed E-state index contributed by atoms with van der Waals surface area (Å²) in [4.78, 5) is 2.54. The van der Waals surface area contributed by atoms with Gasteiger partial charge >= 0.3 is 0 Å². The molecule has 1 aliphatic heterocycles. The van der Waals surface area contributed by atoms with E-state index in [0.717, 1.165) is 25.6 Å². The monoisotopic (exact) mass is 250 g/mol. The molecule has 18 heavy (non-hydrogen) atoms. The summed E-state index contributed by atoms with van der Waals surface area (Å²) in [5.41, 5.74) is 1.29. The Balaban J connectivity index is 1.67. The number of aromatic nitrogens is 2. The van der Waals surface area contributed by atoms with Gasteiger partial charge in [0, 0.05) is 19.3 Å². The Morgan fingerprint density at radius 3 is 2.72 bits per heavy atom. The molecule has 1 aromatic rings. The van der Waals surface area contributed by atoms with E-state index in [1.54, 1.807) is 0 Å². The van der Waals surface area contributed by atoms with Crippen LogP contribution in [0.3, 0.4) is 0 Å². The smallest absolute Gasteiger partial charge is 0.0521 e. The first kappa shape index (κ1) is 13.6. The zero-order valence-corrected chi connectivity index (χ0v) is 11.7. The van der Waals surface area contributed by atoms with E-state index in [4.69, 9.17) is 0 Å². The van der Waals surface area contributed by atoms with Crippen molar-refractivity contribution in [3.63, 3.8) is 0 Å². The molecule has 4 nitrogen and oxygen atoms in total. The number of hydrogen-bond donors (Lipinski definition) is 1. The maximum atomic E-state index is 4.29. The van der Waals surface area contributed by atoms with Crippen molar-refractivity contribution in [3.05, 3.63) is 18.0 Å². The molecule has 1 saturated heterocycles. The van der Waals surface area contributed by atoms with Crippen LogP contribution >= 0.6 is 0 Å². The maximum absolute atomic E-state index is 4.29. The lowest BCUT2D eigenvalue weighted by atomic mass is 9.97. The highest BCUT2D eigenvalue weighted by molar-refractivity contribution is 4.99. The second-order valence-corrected chi connectivity index (χ2v) is 5.15. The maximum Gasteiger partial charge on any atom is 0.0521 e. The molecule has 0 atom stereocenters. The van der Waals surface area contributed by atoms with E-state index in [0.29, 0.717) is 0 Å². The van der Waals surface area contributed by atoms with Crippen molar-refractivity contribution in [2.75, 3.05) is 26.2 Å². The van der Waals surface area contributed by atoms with Gasteiger partial charge in [-0.05, 0) is 57.9 Å². The molecule has 1 N–H and O–H groups in total. The molecule has 0 saturated carbocycles. The van der Waals surface area contributed by atoms with Crippen LogP contribution in [-0.2, 0) is 13.1 Å². The third-order valence-electron chi connectivity index (χ3n) is 4.00. The molecule has 0 aliphatic carbocycles. The summed E-state index contributed by atoms with van der Waals surface area (Å²) >= 11 is 0. The molecular formula is C14H26N4. The SMILES string of the molecule is CCN1CCC(CNCc2ccnn2CC)CC1. The van der Waals surface area contributed by atoms with Gasteiger partial charge in [-0.2, -0.15) is 5.10 Å². The third kappa shape index (κ3) is 3.56. The van der Waals surface area contributed by atoms with Crippen molar-refractivity contribution >= 4 is 0 Å². The van der Waals surface area contributed by atoms with Crippen LogP contribution in [0.2, 0.25) is 0 Å². The molecule has 0 radical (unpaired) electrons. The Morgan fingerprint density at radius 1 is 1.28 bits per heavy atom. The lowest BCUT2D eigenvalue weighted by Crippen LogP contribution is -2.37. The lowest BCUT2D eigenvalue weighted by molar-refractivity contribution is 0.190. The quantitative estimate of drug-likeness (QED) is 0.834. The largest absolute Gasteiger partial charge is 0.311 e. The van der Waals surface area contributed by atoms with E-state index < -0.39 is 0 Å². The molecule has 0 unspecified atom stereocenters. The Labute approximate surface area is 110 Å². The van der Waals surface area contributed by atoms with Crippen LogP contribution in [0.5, 0.6) is 0 Å². The van der Waals surface area contributed by atoms with Gasteiger partial charge in [0.1, 0.15) is 0 Å². The first-order valence-corrected chi connectivity index (χ1v) is 7.27. The Morgan fingerprint density at radius 2 is 2.06 bits per heavy atom. The Kier molecular flexibility index (Phi) is 5.20. The Bertz CT molecular complexity index is 339. The van der Waals surface area contributed by atoms with Crippen LogP contribution in [-0.4, -0.2) is 40.9 Å². The van der Waals surface area contributed by atoms with Crippen molar-refractivity contribution in [3.8, 4) is 0 Å². The normalized spacial score (nSPS) is 18.3. The van der Waals surface area contributed by atoms with E-state index in [-0.39, 0.29) is 0 Å². The van der Waals surface area contributed by atoms with Gasteiger partial charge in [0.25, 0.3) is 0 Å². The molecule has 4 heteroatoms. The van der Waals surface area contributed by atoms with Crippen molar-refractivity contribution in [2.24, 2.45) is 5.92 Å². The van der Waals surface area contributed by atoms with E-state index >= 15 is 0 Å². The topological polar surface area (TPSA) is 33.1 Å². The molecule has 1 aromatic heterocycles. The van der Waals surface area contributed by atoms with Crippen LogP contribution in [0, 0.1) is 5.92 Å². The zero-order valence-electron chi connectivity index (χ0n) is 11.7. The molecule has 1 fully saturated rings. The standard InChI is InChI=1S/C14H26N4/c1-3-17-9-6-13(7-10-17)11-15-12-14-5-8-16-18(14)4-2/h5,8,13,15H,3-4,6-7,9-12H2,1-2H3. The molecule has 0 spiro atoms. The number of likely N-dealkylation sites (tertiary alicyclic amines) is 1. The van der Waals surface area contributed by atoms with Crippen molar-refractivity contribution in [1.29, 1.82) is 0 Å². The van der Waals surface area contributed by atoms with E-state index in [2.05, 4.69) is 39.9 Å². The van der Waals surface area contributed by atoms with Gasteiger partial charge in [-0.15, -0.1) is 0 Å².